The molecule has 80 valence electrons. The zero-order valence-electron chi connectivity index (χ0n) is 8.40. The molecule has 0 heterocycles. The van der Waals surface area contributed by atoms with E-state index in [0.29, 0.717) is 0 Å². The smallest absolute Gasteiger partial charge is 0.313 e. The number of phenolic OH excluding ortho intramolecular Hbond substituents is 1. The van der Waals surface area contributed by atoms with Gasteiger partial charge in [-0.1, -0.05) is 12.1 Å². The zero-order valence-corrected chi connectivity index (χ0v) is 8.40. The number of carbonyl (C=O) groups excluding carboxylic acids is 2. The largest absolute Gasteiger partial charge is 0.507 e. The van der Waals surface area contributed by atoms with Crippen LogP contribution in [-0.2, 0) is 9.53 Å². The Bertz CT molecular complexity index is 371. The van der Waals surface area contributed by atoms with E-state index in [-0.39, 0.29) is 24.3 Å². The second-order valence-corrected chi connectivity index (χ2v) is 2.92. The lowest BCUT2D eigenvalue weighted by molar-refractivity contribution is -0.141. The van der Waals surface area contributed by atoms with Crippen LogP contribution in [0.4, 0.5) is 0 Å². The van der Waals surface area contributed by atoms with Gasteiger partial charge in [-0.05, 0) is 19.1 Å². The molecule has 1 rings (SSSR count). The highest BCUT2D eigenvalue weighted by molar-refractivity contribution is 6.07. The summed E-state index contributed by atoms with van der Waals surface area (Å²) in [4.78, 5) is 22.5. The van der Waals surface area contributed by atoms with Crippen LogP contribution < -0.4 is 0 Å². The van der Waals surface area contributed by atoms with Gasteiger partial charge in [-0.2, -0.15) is 0 Å². The Morgan fingerprint density at radius 1 is 1.33 bits per heavy atom. The number of ether oxygens (including phenoxy) is 1. The third-order valence-electron chi connectivity index (χ3n) is 1.81. The molecule has 0 saturated heterocycles. The Morgan fingerprint density at radius 2 is 2.00 bits per heavy atom. The van der Waals surface area contributed by atoms with Crippen molar-refractivity contribution in [2.75, 3.05) is 6.61 Å². The lowest BCUT2D eigenvalue weighted by Gasteiger charge is -2.03. The van der Waals surface area contributed by atoms with Crippen molar-refractivity contribution >= 4 is 11.8 Å². The molecular formula is C11H12O4. The molecule has 1 aromatic rings. The number of benzene rings is 1. The molecule has 0 aliphatic heterocycles. The van der Waals surface area contributed by atoms with Gasteiger partial charge in [0.1, 0.15) is 12.2 Å². The van der Waals surface area contributed by atoms with Crippen LogP contribution in [0.1, 0.15) is 23.7 Å². The zero-order chi connectivity index (χ0) is 11.3. The van der Waals surface area contributed by atoms with E-state index in [0.717, 1.165) is 0 Å². The first-order valence-electron chi connectivity index (χ1n) is 4.62. The number of para-hydroxylation sites is 1. The Kier molecular flexibility index (Phi) is 3.85. The molecule has 0 spiro atoms. The molecule has 0 bridgehead atoms. The molecule has 0 aromatic heterocycles. The Labute approximate surface area is 87.5 Å². The maximum Gasteiger partial charge on any atom is 0.313 e. The summed E-state index contributed by atoms with van der Waals surface area (Å²) in [6, 6.07) is 6.10. The third kappa shape index (κ3) is 3.09. The second-order valence-electron chi connectivity index (χ2n) is 2.92. The molecule has 0 amide bonds. The molecule has 0 unspecified atom stereocenters. The first kappa shape index (κ1) is 11.2. The van der Waals surface area contributed by atoms with Gasteiger partial charge < -0.3 is 9.84 Å². The number of phenols is 1. The fourth-order valence-corrected chi connectivity index (χ4v) is 1.15. The van der Waals surface area contributed by atoms with Gasteiger partial charge in [0.15, 0.2) is 5.78 Å². The van der Waals surface area contributed by atoms with E-state index in [4.69, 9.17) is 0 Å². The summed E-state index contributed by atoms with van der Waals surface area (Å²) < 4.78 is 4.63. The van der Waals surface area contributed by atoms with E-state index >= 15 is 0 Å². The number of Topliss-reactive ketones (excluding diaryl/α,β-unsaturated/α-hetero) is 1. The summed E-state index contributed by atoms with van der Waals surface area (Å²) in [5.41, 5.74) is 0.144. The number of ketones is 1. The van der Waals surface area contributed by atoms with E-state index < -0.39 is 11.8 Å². The minimum atomic E-state index is -0.578. The Hall–Kier alpha value is -1.84. The van der Waals surface area contributed by atoms with Crippen LogP contribution in [0.3, 0.4) is 0 Å². The van der Waals surface area contributed by atoms with Gasteiger partial charge in [-0.3, -0.25) is 9.59 Å². The molecule has 0 fully saturated rings. The molecule has 1 N–H and O–H groups in total. The standard InChI is InChI=1S/C11H12O4/c1-2-15-11(14)7-10(13)8-5-3-4-6-9(8)12/h3-6,12H,2,7H2,1H3. The summed E-state index contributed by atoms with van der Waals surface area (Å²) in [5.74, 6) is -1.14. The number of esters is 1. The number of hydrogen-bond donors (Lipinski definition) is 1. The average molecular weight is 208 g/mol. The summed E-state index contributed by atoms with van der Waals surface area (Å²) in [6.07, 6.45) is -0.342. The van der Waals surface area contributed by atoms with Gasteiger partial charge in [0.05, 0.1) is 12.2 Å². The predicted octanol–water partition coefficient (Wildman–Crippen LogP) is 1.53. The van der Waals surface area contributed by atoms with Gasteiger partial charge in [0, 0.05) is 0 Å². The van der Waals surface area contributed by atoms with Crippen molar-refractivity contribution in [1.82, 2.24) is 0 Å². The highest BCUT2D eigenvalue weighted by atomic mass is 16.5. The molecule has 4 heteroatoms. The van der Waals surface area contributed by atoms with Crippen molar-refractivity contribution < 1.29 is 19.4 Å². The first-order chi connectivity index (χ1) is 7.15. The molecule has 15 heavy (non-hydrogen) atoms. The van der Waals surface area contributed by atoms with Crippen LogP contribution >= 0.6 is 0 Å². The molecule has 1 aromatic carbocycles. The van der Waals surface area contributed by atoms with E-state index in [2.05, 4.69) is 4.74 Å². The van der Waals surface area contributed by atoms with Crippen molar-refractivity contribution in [3.63, 3.8) is 0 Å². The van der Waals surface area contributed by atoms with E-state index in [1.807, 2.05) is 0 Å². The SMILES string of the molecule is CCOC(=O)CC(=O)c1ccccc1O. The highest BCUT2D eigenvalue weighted by Crippen LogP contribution is 2.17. The fourth-order valence-electron chi connectivity index (χ4n) is 1.15. The van der Waals surface area contributed by atoms with Gasteiger partial charge in [0.2, 0.25) is 0 Å². The molecule has 4 nitrogen and oxygen atoms in total. The molecule has 0 saturated carbocycles. The molecule has 0 aliphatic carbocycles. The minimum Gasteiger partial charge on any atom is -0.507 e. The third-order valence-corrected chi connectivity index (χ3v) is 1.81. The van der Waals surface area contributed by atoms with Crippen LogP contribution in [0, 0.1) is 0 Å². The lowest BCUT2D eigenvalue weighted by Crippen LogP contribution is -2.11. The van der Waals surface area contributed by atoms with Crippen LogP contribution in [0.25, 0.3) is 0 Å². The molecular weight excluding hydrogens is 196 g/mol. The number of hydrogen-bond acceptors (Lipinski definition) is 4. The maximum atomic E-state index is 11.5. The van der Waals surface area contributed by atoms with Crippen LogP contribution in [0.5, 0.6) is 5.75 Å². The van der Waals surface area contributed by atoms with Crippen molar-refractivity contribution in [2.45, 2.75) is 13.3 Å². The van der Waals surface area contributed by atoms with Crippen LogP contribution in [0.15, 0.2) is 24.3 Å². The van der Waals surface area contributed by atoms with Gasteiger partial charge in [0.25, 0.3) is 0 Å². The van der Waals surface area contributed by atoms with E-state index in [9.17, 15) is 14.7 Å². The highest BCUT2D eigenvalue weighted by Gasteiger charge is 2.15. The van der Waals surface area contributed by atoms with Crippen LogP contribution in [0.2, 0.25) is 0 Å². The summed E-state index contributed by atoms with van der Waals surface area (Å²) in [7, 11) is 0. The van der Waals surface area contributed by atoms with Crippen molar-refractivity contribution in [1.29, 1.82) is 0 Å². The summed E-state index contributed by atoms with van der Waals surface area (Å²) in [5, 5.41) is 9.35. The van der Waals surface area contributed by atoms with Crippen molar-refractivity contribution in [2.24, 2.45) is 0 Å². The van der Waals surface area contributed by atoms with Gasteiger partial charge in [-0.15, -0.1) is 0 Å². The first-order valence-corrected chi connectivity index (χ1v) is 4.62. The monoisotopic (exact) mass is 208 g/mol. The summed E-state index contributed by atoms with van der Waals surface area (Å²) >= 11 is 0. The average Bonchev–Trinajstić information content (AvgIpc) is 2.18. The molecule has 0 radical (unpaired) electrons. The van der Waals surface area contributed by atoms with Gasteiger partial charge in [-0.25, -0.2) is 0 Å². The van der Waals surface area contributed by atoms with Crippen molar-refractivity contribution in [3.8, 4) is 5.75 Å². The lowest BCUT2D eigenvalue weighted by atomic mass is 10.1. The Morgan fingerprint density at radius 3 is 2.60 bits per heavy atom. The van der Waals surface area contributed by atoms with E-state index in [1.165, 1.54) is 12.1 Å². The van der Waals surface area contributed by atoms with Crippen LogP contribution in [-0.4, -0.2) is 23.5 Å². The minimum absolute atomic E-state index is 0.119. The topological polar surface area (TPSA) is 63.6 Å². The quantitative estimate of drug-likeness (QED) is 0.463. The maximum absolute atomic E-state index is 11.5. The fraction of sp³-hybridized carbons (Fsp3) is 0.273. The van der Waals surface area contributed by atoms with Crippen molar-refractivity contribution in [3.05, 3.63) is 29.8 Å². The Balaban J connectivity index is 2.70. The molecule has 0 atom stereocenters. The number of carbonyl (C=O) groups is 2. The predicted molar refractivity (Wildman–Crippen MR) is 53.7 cm³/mol. The summed E-state index contributed by atoms with van der Waals surface area (Å²) in [6.45, 7) is 1.91. The molecule has 0 aliphatic rings. The number of rotatable bonds is 4. The van der Waals surface area contributed by atoms with E-state index in [1.54, 1.807) is 19.1 Å². The number of aromatic hydroxyl groups is 1. The van der Waals surface area contributed by atoms with Gasteiger partial charge >= 0.3 is 5.97 Å². The second kappa shape index (κ2) is 5.14. The normalized spacial score (nSPS) is 9.67.